The number of anilines is 1. The van der Waals surface area contributed by atoms with Gasteiger partial charge in [0.1, 0.15) is 12.7 Å². The van der Waals surface area contributed by atoms with Crippen molar-refractivity contribution >= 4 is 41.1 Å². The molecule has 0 spiro atoms. The molecule has 2 amide bonds. The van der Waals surface area contributed by atoms with Gasteiger partial charge in [0.2, 0.25) is 0 Å². The number of alkyl halides is 1. The molecule has 38 heavy (non-hydrogen) atoms. The van der Waals surface area contributed by atoms with Crippen LogP contribution in [0.1, 0.15) is 17.5 Å². The van der Waals surface area contributed by atoms with Gasteiger partial charge in [-0.25, -0.2) is 4.79 Å². The van der Waals surface area contributed by atoms with Crippen LogP contribution in [-0.2, 0) is 9.53 Å². The van der Waals surface area contributed by atoms with Crippen molar-refractivity contribution in [2.45, 2.75) is 31.1 Å². The molecule has 0 saturated carbocycles. The SMILES string of the molecule is Cc1cc(N2CC(CNC(=O)C3=CCC(Cl)S3)OC2=O)cc(C)c1-n1cccc(OCCNCCO)c1=O. The summed E-state index contributed by atoms with van der Waals surface area (Å²) in [5, 5.41) is 14.7. The topological polar surface area (TPSA) is 122 Å². The van der Waals surface area contributed by atoms with E-state index in [9.17, 15) is 14.4 Å². The Kier molecular flexibility index (Phi) is 9.37. The number of aliphatic hydroxyl groups is 1. The Balaban J connectivity index is 1.44. The maximum atomic E-state index is 13.1. The van der Waals surface area contributed by atoms with Gasteiger partial charge in [-0.1, -0.05) is 6.08 Å². The number of allylic oxidation sites excluding steroid dienone is 1. The second-order valence-electron chi connectivity index (χ2n) is 8.96. The number of halogens is 1. The molecule has 0 radical (unpaired) electrons. The largest absolute Gasteiger partial charge is 0.487 e. The molecule has 1 aromatic heterocycles. The normalized spacial score (nSPS) is 18.9. The van der Waals surface area contributed by atoms with E-state index < -0.39 is 12.2 Å². The van der Waals surface area contributed by atoms with Crippen molar-refractivity contribution in [3.63, 3.8) is 0 Å². The predicted octanol–water partition coefficient (Wildman–Crippen LogP) is 2.44. The van der Waals surface area contributed by atoms with E-state index in [-0.39, 0.29) is 41.6 Å². The first-order valence-electron chi connectivity index (χ1n) is 12.3. The lowest BCUT2D eigenvalue weighted by Gasteiger charge is -2.19. The average molecular weight is 563 g/mol. The van der Waals surface area contributed by atoms with E-state index in [2.05, 4.69) is 10.6 Å². The predicted molar refractivity (Wildman–Crippen MR) is 148 cm³/mol. The van der Waals surface area contributed by atoms with Crippen molar-refractivity contribution in [1.29, 1.82) is 0 Å². The summed E-state index contributed by atoms with van der Waals surface area (Å²) in [5.74, 6) is 0.00397. The Hall–Kier alpha value is -2.99. The van der Waals surface area contributed by atoms with Crippen molar-refractivity contribution in [2.75, 3.05) is 44.3 Å². The van der Waals surface area contributed by atoms with E-state index in [1.807, 2.05) is 26.0 Å². The molecule has 1 aromatic carbocycles. The fraction of sp³-hybridized carbons (Fsp3) is 0.423. The zero-order chi connectivity index (χ0) is 27.2. The van der Waals surface area contributed by atoms with Crippen LogP contribution < -0.4 is 25.8 Å². The summed E-state index contributed by atoms with van der Waals surface area (Å²) in [6.45, 7) is 5.52. The molecule has 0 bridgehead atoms. The van der Waals surface area contributed by atoms with Gasteiger partial charge < -0.3 is 25.2 Å². The lowest BCUT2D eigenvalue weighted by molar-refractivity contribution is -0.117. The number of ether oxygens (including phenoxy) is 2. The third-order valence-corrected chi connectivity index (χ3v) is 7.60. The minimum absolute atomic E-state index is 0.0338. The van der Waals surface area contributed by atoms with Gasteiger partial charge in [-0.05, 0) is 55.7 Å². The van der Waals surface area contributed by atoms with Crippen molar-refractivity contribution in [3.05, 3.63) is 62.9 Å². The number of hydrogen-bond acceptors (Lipinski definition) is 8. The molecule has 1 fully saturated rings. The van der Waals surface area contributed by atoms with Gasteiger partial charge in [0.25, 0.3) is 11.5 Å². The standard InChI is InChI=1S/C26H31ClN4O6S/c1-16-12-18(31-15-19(37-26(31)35)14-29-24(33)21-5-6-22(27)38-21)13-17(2)23(16)30-9-3-4-20(25(30)34)36-11-8-28-7-10-32/h3-5,9,12-13,19,22,28,32H,6-8,10-11,14-15H2,1-2H3,(H,29,33). The highest BCUT2D eigenvalue weighted by atomic mass is 35.5. The van der Waals surface area contributed by atoms with Crippen LogP contribution in [0.15, 0.2) is 46.2 Å². The number of amides is 2. The molecule has 2 unspecified atom stereocenters. The number of aliphatic hydroxyl groups excluding tert-OH is 1. The van der Waals surface area contributed by atoms with Crippen LogP contribution >= 0.6 is 23.4 Å². The molecule has 2 aliphatic heterocycles. The molecule has 1 saturated heterocycles. The highest BCUT2D eigenvalue weighted by Crippen LogP contribution is 2.34. The average Bonchev–Trinajstić information content (AvgIpc) is 3.49. The fourth-order valence-electron chi connectivity index (χ4n) is 4.38. The number of benzene rings is 1. The molecule has 0 aliphatic carbocycles. The summed E-state index contributed by atoms with van der Waals surface area (Å²) in [6, 6.07) is 7.04. The first-order valence-corrected chi connectivity index (χ1v) is 13.6. The number of nitrogens with zero attached hydrogens (tertiary/aromatic N) is 2. The van der Waals surface area contributed by atoms with Gasteiger partial charge in [0.15, 0.2) is 5.75 Å². The molecule has 204 valence electrons. The molecule has 4 rings (SSSR count). The molecule has 12 heteroatoms. The van der Waals surface area contributed by atoms with Gasteiger partial charge >= 0.3 is 6.09 Å². The molecule has 2 aromatic rings. The Morgan fingerprint density at radius 2 is 2.03 bits per heavy atom. The van der Waals surface area contributed by atoms with Gasteiger partial charge in [-0.3, -0.25) is 19.1 Å². The fourth-order valence-corrected chi connectivity index (χ4v) is 5.60. The number of hydrogen-bond donors (Lipinski definition) is 3. The first kappa shape index (κ1) is 28.0. The summed E-state index contributed by atoms with van der Waals surface area (Å²) in [6.07, 6.45) is 3.15. The maximum absolute atomic E-state index is 13.1. The zero-order valence-electron chi connectivity index (χ0n) is 21.2. The molecule has 3 heterocycles. The number of aromatic nitrogens is 1. The number of pyridine rings is 1. The van der Waals surface area contributed by atoms with Crippen molar-refractivity contribution < 1.29 is 24.2 Å². The van der Waals surface area contributed by atoms with Crippen LogP contribution in [0.5, 0.6) is 5.75 Å². The summed E-state index contributed by atoms with van der Waals surface area (Å²) < 4.78 is 12.5. The number of carbonyl (C=O) groups is 2. The molecule has 2 atom stereocenters. The maximum Gasteiger partial charge on any atom is 0.414 e. The van der Waals surface area contributed by atoms with E-state index in [4.69, 9.17) is 26.2 Å². The highest BCUT2D eigenvalue weighted by Gasteiger charge is 2.33. The number of nitrogens with one attached hydrogen (secondary N) is 2. The van der Waals surface area contributed by atoms with Crippen molar-refractivity contribution in [3.8, 4) is 11.4 Å². The van der Waals surface area contributed by atoms with Crippen LogP contribution in [0.25, 0.3) is 5.69 Å². The minimum Gasteiger partial charge on any atom is -0.487 e. The lowest BCUT2D eigenvalue weighted by Crippen LogP contribution is -2.34. The lowest BCUT2D eigenvalue weighted by atomic mass is 10.1. The van der Waals surface area contributed by atoms with Crippen LogP contribution in [0.3, 0.4) is 0 Å². The van der Waals surface area contributed by atoms with Crippen molar-refractivity contribution in [2.24, 2.45) is 0 Å². The smallest absolute Gasteiger partial charge is 0.414 e. The van der Waals surface area contributed by atoms with Crippen LogP contribution in [-0.4, -0.2) is 71.9 Å². The number of rotatable bonds is 11. The van der Waals surface area contributed by atoms with E-state index in [0.717, 1.165) is 11.1 Å². The summed E-state index contributed by atoms with van der Waals surface area (Å²) in [4.78, 5) is 40.2. The number of aryl methyl sites for hydroxylation is 2. The summed E-state index contributed by atoms with van der Waals surface area (Å²) >= 11 is 7.35. The Morgan fingerprint density at radius 1 is 1.26 bits per heavy atom. The Morgan fingerprint density at radius 3 is 2.71 bits per heavy atom. The van der Waals surface area contributed by atoms with Gasteiger partial charge in [-0.2, -0.15) is 0 Å². The zero-order valence-corrected chi connectivity index (χ0v) is 22.8. The van der Waals surface area contributed by atoms with E-state index in [1.54, 1.807) is 24.4 Å². The highest BCUT2D eigenvalue weighted by molar-refractivity contribution is 8.05. The number of thioether (sulfide) groups is 1. The summed E-state index contributed by atoms with van der Waals surface area (Å²) in [5.41, 5.74) is 2.67. The second-order valence-corrected chi connectivity index (χ2v) is 11.0. The quantitative estimate of drug-likeness (QED) is 0.282. The Bertz CT molecular complexity index is 1260. The summed E-state index contributed by atoms with van der Waals surface area (Å²) in [7, 11) is 0. The van der Waals surface area contributed by atoms with E-state index >= 15 is 0 Å². The van der Waals surface area contributed by atoms with Crippen LogP contribution in [0.2, 0.25) is 0 Å². The second kappa shape index (κ2) is 12.7. The monoisotopic (exact) mass is 562 g/mol. The van der Waals surface area contributed by atoms with Gasteiger partial charge in [-0.15, -0.1) is 23.4 Å². The van der Waals surface area contributed by atoms with Crippen LogP contribution in [0.4, 0.5) is 10.5 Å². The number of cyclic esters (lactones) is 1. The minimum atomic E-state index is -0.492. The molecule has 10 nitrogen and oxygen atoms in total. The van der Waals surface area contributed by atoms with E-state index in [1.165, 1.54) is 21.2 Å². The third kappa shape index (κ3) is 6.52. The molecule has 2 aliphatic rings. The molecular formula is C26H31ClN4O6S. The molecule has 3 N–H and O–H groups in total. The van der Waals surface area contributed by atoms with Gasteiger partial charge in [0.05, 0.1) is 35.0 Å². The van der Waals surface area contributed by atoms with Crippen LogP contribution in [0, 0.1) is 13.8 Å². The third-order valence-electron chi connectivity index (χ3n) is 6.10. The Labute approximate surface area is 229 Å². The first-order chi connectivity index (χ1) is 18.3. The molecular weight excluding hydrogens is 532 g/mol. The van der Waals surface area contributed by atoms with E-state index in [0.29, 0.717) is 42.4 Å². The van der Waals surface area contributed by atoms with Crippen molar-refractivity contribution in [1.82, 2.24) is 15.2 Å². The van der Waals surface area contributed by atoms with Gasteiger partial charge in [0, 0.05) is 25.0 Å². The number of carbonyl (C=O) groups excluding carboxylic acids is 2.